The molecule has 2 aromatic heterocycles. The van der Waals surface area contributed by atoms with E-state index in [4.69, 9.17) is 11.3 Å². The van der Waals surface area contributed by atoms with Crippen LogP contribution in [0, 0.1) is 13.5 Å². The summed E-state index contributed by atoms with van der Waals surface area (Å²) >= 11 is 0. The molecule has 12 nitrogen and oxygen atoms in total. The van der Waals surface area contributed by atoms with Gasteiger partial charge in [-0.05, 0) is 43.7 Å². The van der Waals surface area contributed by atoms with Crippen LogP contribution in [0.15, 0.2) is 69.2 Å². The molecular weight excluding hydrogens is 605 g/mol. The minimum absolute atomic E-state index is 0.0566. The summed E-state index contributed by atoms with van der Waals surface area (Å²) < 4.78 is 76.8. The van der Waals surface area contributed by atoms with Gasteiger partial charge in [-0.15, -0.1) is 0 Å². The van der Waals surface area contributed by atoms with E-state index in [1.54, 1.807) is 4.72 Å². The van der Waals surface area contributed by atoms with E-state index < -0.39 is 55.3 Å². The Balaban J connectivity index is 2.04. The van der Waals surface area contributed by atoms with Crippen molar-refractivity contribution in [2.45, 2.75) is 37.8 Å². The lowest BCUT2D eigenvalue weighted by molar-refractivity contribution is -0.137. The van der Waals surface area contributed by atoms with Crippen molar-refractivity contribution in [1.29, 1.82) is 0 Å². The molecule has 1 N–H and O–H groups in total. The molecule has 0 saturated heterocycles. The van der Waals surface area contributed by atoms with Gasteiger partial charge in [-0.2, -0.15) is 18.3 Å². The number of amides is 1. The predicted molar refractivity (Wildman–Crippen MR) is 152 cm³/mol. The fourth-order valence-electron chi connectivity index (χ4n) is 4.34. The lowest BCUT2D eigenvalue weighted by Gasteiger charge is -2.18. The monoisotopic (exact) mass is 630 g/mol. The topological polar surface area (TPSA) is 139 Å². The van der Waals surface area contributed by atoms with Crippen LogP contribution in [0.25, 0.3) is 27.5 Å². The van der Waals surface area contributed by atoms with E-state index in [2.05, 4.69) is 9.94 Å². The zero-order valence-corrected chi connectivity index (χ0v) is 24.4. The fourth-order valence-corrected chi connectivity index (χ4v) is 5.36. The zero-order chi connectivity index (χ0) is 32.4. The van der Waals surface area contributed by atoms with Crippen LogP contribution >= 0.6 is 0 Å². The van der Waals surface area contributed by atoms with Crippen LogP contribution in [0.4, 0.5) is 23.7 Å². The molecule has 230 valence electrons. The summed E-state index contributed by atoms with van der Waals surface area (Å²) in [6, 6.07) is 9.52. The molecule has 0 atom stereocenters. The Kier molecular flexibility index (Phi) is 8.81. The Labute approximate surface area is 248 Å². The molecule has 1 amide bonds. The van der Waals surface area contributed by atoms with Gasteiger partial charge >= 0.3 is 18.0 Å². The minimum atomic E-state index is -4.78. The summed E-state index contributed by atoms with van der Waals surface area (Å²) in [5.41, 5.74) is -3.86. The highest BCUT2D eigenvalue weighted by molar-refractivity contribution is 7.90. The van der Waals surface area contributed by atoms with Crippen molar-refractivity contribution in [2.24, 2.45) is 7.05 Å². The molecule has 0 aliphatic rings. The maximum absolute atomic E-state index is 13.7. The van der Waals surface area contributed by atoms with E-state index >= 15 is 0 Å². The van der Waals surface area contributed by atoms with Crippen molar-refractivity contribution in [3.63, 3.8) is 0 Å². The lowest BCUT2D eigenvalue weighted by atomic mass is 10.1. The van der Waals surface area contributed by atoms with E-state index in [1.165, 1.54) is 37.3 Å². The van der Waals surface area contributed by atoms with Crippen LogP contribution in [0.5, 0.6) is 0 Å². The van der Waals surface area contributed by atoms with Gasteiger partial charge in [0, 0.05) is 12.7 Å². The first-order chi connectivity index (χ1) is 20.7. The van der Waals surface area contributed by atoms with Crippen LogP contribution < -0.4 is 16.0 Å². The summed E-state index contributed by atoms with van der Waals surface area (Å²) in [7, 11) is -3.69. The normalized spacial score (nSPS) is 11.7. The zero-order valence-electron chi connectivity index (χ0n) is 23.5. The molecule has 0 aliphatic carbocycles. The number of rotatable bonds is 8. The number of nitrogens with one attached hydrogen (secondary N) is 1. The molecule has 44 heavy (non-hydrogen) atoms. The third-order valence-electron chi connectivity index (χ3n) is 6.56. The number of hydrogen-bond donors (Lipinski definition) is 1. The van der Waals surface area contributed by atoms with Gasteiger partial charge < -0.3 is 4.74 Å². The fraction of sp³-hybridized carbons (Fsp3) is 0.250. The molecule has 4 rings (SSSR count). The highest BCUT2D eigenvalue weighted by atomic mass is 32.2. The molecule has 2 aromatic carbocycles. The molecular formula is C28H25F3N6O6S. The number of benzene rings is 2. The highest BCUT2D eigenvalue weighted by Crippen LogP contribution is 2.33. The maximum atomic E-state index is 13.7. The quantitative estimate of drug-likeness (QED) is 0.224. The van der Waals surface area contributed by atoms with Gasteiger partial charge in [0.2, 0.25) is 0 Å². The van der Waals surface area contributed by atoms with Gasteiger partial charge in [0.05, 0.1) is 41.9 Å². The molecule has 0 spiro atoms. The van der Waals surface area contributed by atoms with Crippen molar-refractivity contribution in [2.75, 3.05) is 6.61 Å². The largest absolute Gasteiger partial charge is 0.449 e. The average Bonchev–Trinajstić information content (AvgIpc) is 3.41. The molecule has 0 unspecified atom stereocenters. The Morgan fingerprint density at radius 3 is 2.41 bits per heavy atom. The number of aromatic nitrogens is 4. The van der Waals surface area contributed by atoms with Gasteiger partial charge in [-0.25, -0.2) is 32.3 Å². The highest BCUT2D eigenvalue weighted by Gasteiger charge is 2.33. The van der Waals surface area contributed by atoms with Gasteiger partial charge in [-0.3, -0.25) is 13.9 Å². The van der Waals surface area contributed by atoms with Crippen molar-refractivity contribution < 1.29 is 31.1 Å². The number of alkyl halides is 3. The third-order valence-corrected chi connectivity index (χ3v) is 7.87. The van der Waals surface area contributed by atoms with Crippen molar-refractivity contribution >= 4 is 21.8 Å². The minimum Gasteiger partial charge on any atom is -0.449 e. The standard InChI is InChI=1S/C28H25F3N6O6S/c1-5-6-14-43-26(39)34-44(41,42)22-16-33-37(20-12-10-19(32-3)11-13-20)24(22)23-17(2)36(27(40)35(4)25(23)38)21-9-7-8-18(15-21)28(29,30)31/h7-13,15-16H,5-6,14H2,1-2,4H3,(H,34,39). The molecule has 0 fully saturated rings. The molecule has 4 aromatic rings. The summed E-state index contributed by atoms with van der Waals surface area (Å²) in [4.78, 5) is 41.9. The summed E-state index contributed by atoms with van der Waals surface area (Å²) in [5, 5.41) is 4.13. The maximum Gasteiger partial charge on any atom is 0.421 e. The number of ether oxygens (including phenoxy) is 1. The van der Waals surface area contributed by atoms with Crippen LogP contribution in [0.1, 0.15) is 31.0 Å². The Morgan fingerprint density at radius 1 is 1.11 bits per heavy atom. The van der Waals surface area contributed by atoms with Gasteiger partial charge in [0.15, 0.2) is 5.69 Å². The van der Waals surface area contributed by atoms with Crippen LogP contribution in [0.2, 0.25) is 0 Å². The van der Waals surface area contributed by atoms with Gasteiger partial charge in [0.25, 0.3) is 15.6 Å². The first kappa shape index (κ1) is 31.8. The third kappa shape index (κ3) is 6.13. The van der Waals surface area contributed by atoms with E-state index in [-0.39, 0.29) is 29.4 Å². The summed E-state index contributed by atoms with van der Waals surface area (Å²) in [5.74, 6) is 0. The lowest BCUT2D eigenvalue weighted by Crippen LogP contribution is -2.40. The number of carbonyl (C=O) groups is 1. The first-order valence-electron chi connectivity index (χ1n) is 13.0. The first-order valence-corrected chi connectivity index (χ1v) is 14.5. The number of nitrogens with zero attached hydrogens (tertiary/aromatic N) is 5. The van der Waals surface area contributed by atoms with Gasteiger partial charge in [0.1, 0.15) is 10.6 Å². The second-order valence-corrected chi connectivity index (χ2v) is 11.1. The summed E-state index contributed by atoms with van der Waals surface area (Å²) in [6.07, 6.45) is -4.00. The van der Waals surface area contributed by atoms with Gasteiger partial charge in [-0.1, -0.05) is 31.5 Å². The molecule has 2 heterocycles. The SMILES string of the molecule is [C-]#[N+]c1ccc(-n2ncc(S(=O)(=O)NC(=O)OCCCC)c2-c2c(C)n(-c3cccc(C(F)(F)F)c3)c(=O)n(C)c2=O)cc1. The molecule has 0 saturated carbocycles. The average molecular weight is 631 g/mol. The number of unbranched alkanes of at least 4 members (excludes halogenated alkanes) is 1. The molecule has 16 heteroatoms. The van der Waals surface area contributed by atoms with Crippen LogP contribution in [0.3, 0.4) is 0 Å². The van der Waals surface area contributed by atoms with Crippen LogP contribution in [-0.2, 0) is 28.0 Å². The molecule has 0 bridgehead atoms. The van der Waals surface area contributed by atoms with E-state index in [0.717, 1.165) is 34.6 Å². The predicted octanol–water partition coefficient (Wildman–Crippen LogP) is 4.48. The molecule has 0 aliphatic heterocycles. The van der Waals surface area contributed by atoms with E-state index in [9.17, 15) is 36.0 Å². The number of sulfonamides is 1. The van der Waals surface area contributed by atoms with Crippen molar-refractivity contribution in [3.05, 3.63) is 98.2 Å². The van der Waals surface area contributed by atoms with E-state index in [0.29, 0.717) is 23.5 Å². The summed E-state index contributed by atoms with van der Waals surface area (Å²) in [6.45, 7) is 10.2. The van der Waals surface area contributed by atoms with Crippen molar-refractivity contribution in [1.82, 2.24) is 23.6 Å². The Bertz CT molecular complexity index is 2010. The van der Waals surface area contributed by atoms with Crippen molar-refractivity contribution in [3.8, 4) is 22.6 Å². The number of hydrogen-bond acceptors (Lipinski definition) is 7. The Morgan fingerprint density at radius 2 is 1.80 bits per heavy atom. The van der Waals surface area contributed by atoms with Crippen LogP contribution in [-0.4, -0.2) is 40.0 Å². The second-order valence-electron chi connectivity index (χ2n) is 9.48. The second kappa shape index (κ2) is 12.2. The number of carbonyl (C=O) groups excluding carboxylic acids is 1. The Hall–Kier alpha value is -5.17. The smallest absolute Gasteiger partial charge is 0.421 e. The number of halogens is 3. The van der Waals surface area contributed by atoms with E-state index in [1.807, 2.05) is 6.92 Å². The molecule has 0 radical (unpaired) electrons.